The molecule has 1 aromatic rings. The molecule has 3 aliphatic rings. The number of benzene rings is 1. The Hall–Kier alpha value is -1.26. The minimum atomic E-state index is 0.265. The second-order valence-corrected chi connectivity index (χ2v) is 8.86. The van der Waals surface area contributed by atoms with Gasteiger partial charge in [-0.1, -0.05) is 24.4 Å². The van der Waals surface area contributed by atoms with Gasteiger partial charge in [-0.2, -0.15) is 0 Å². The van der Waals surface area contributed by atoms with Crippen molar-refractivity contribution in [3.63, 3.8) is 0 Å². The topological polar surface area (TPSA) is 41.6 Å². The van der Waals surface area contributed by atoms with E-state index in [-0.39, 0.29) is 5.92 Å². The average Bonchev–Trinajstić information content (AvgIpc) is 3.00. The average molecular weight is 391 g/mol. The van der Waals surface area contributed by atoms with E-state index in [4.69, 9.17) is 16.3 Å². The van der Waals surface area contributed by atoms with Gasteiger partial charge in [-0.3, -0.25) is 4.79 Å². The highest BCUT2D eigenvalue weighted by Gasteiger charge is 2.42. The normalized spacial score (nSPS) is 29.4. The standard InChI is InChI=1S/C22H31ClN2O2/c23-16-7-9-17(10-8-16)27-18-11-14-25(15-12-18)13-3-5-20-19-4-1-2-6-21(19)24-22(20)26/h7-10,18-21H,1-6,11-15H2,(H,24,26). The van der Waals surface area contributed by atoms with Crippen LogP contribution in [0, 0.1) is 11.8 Å². The number of fused-ring (bicyclic) bond motifs is 1. The van der Waals surface area contributed by atoms with Gasteiger partial charge in [-0.25, -0.2) is 0 Å². The first-order valence-electron chi connectivity index (χ1n) is 10.6. The van der Waals surface area contributed by atoms with Crippen molar-refractivity contribution in [2.45, 2.75) is 63.5 Å². The SMILES string of the molecule is O=C1NC2CCCCC2C1CCCN1CCC(Oc2ccc(Cl)cc2)CC1. The number of likely N-dealkylation sites (tertiary alicyclic amines) is 1. The quantitative estimate of drug-likeness (QED) is 0.788. The van der Waals surface area contributed by atoms with Gasteiger partial charge in [0.2, 0.25) is 5.91 Å². The summed E-state index contributed by atoms with van der Waals surface area (Å²) in [6.07, 6.45) is 9.61. The molecule has 2 heterocycles. The number of nitrogens with one attached hydrogen (secondary N) is 1. The maximum atomic E-state index is 12.3. The molecule has 1 amide bonds. The van der Waals surface area contributed by atoms with E-state index in [0.29, 0.717) is 24.0 Å². The molecule has 2 saturated heterocycles. The van der Waals surface area contributed by atoms with Gasteiger partial charge in [0.15, 0.2) is 0 Å². The molecule has 3 fully saturated rings. The lowest BCUT2D eigenvalue weighted by Gasteiger charge is -2.32. The molecule has 5 heteroatoms. The van der Waals surface area contributed by atoms with Crippen LogP contribution in [-0.2, 0) is 4.79 Å². The van der Waals surface area contributed by atoms with Gasteiger partial charge >= 0.3 is 0 Å². The van der Waals surface area contributed by atoms with Crippen LogP contribution < -0.4 is 10.1 Å². The van der Waals surface area contributed by atoms with Crippen LogP contribution in [0.2, 0.25) is 5.02 Å². The van der Waals surface area contributed by atoms with Crippen molar-refractivity contribution >= 4 is 17.5 Å². The van der Waals surface area contributed by atoms with Crippen LogP contribution in [-0.4, -0.2) is 42.6 Å². The minimum absolute atomic E-state index is 0.265. The summed E-state index contributed by atoms with van der Waals surface area (Å²) in [4.78, 5) is 14.8. The first-order chi connectivity index (χ1) is 13.2. The number of halogens is 1. The van der Waals surface area contributed by atoms with Gasteiger partial charge in [-0.15, -0.1) is 0 Å². The smallest absolute Gasteiger partial charge is 0.223 e. The predicted octanol–water partition coefficient (Wildman–Crippen LogP) is 4.27. The predicted molar refractivity (Wildman–Crippen MR) is 108 cm³/mol. The molecule has 148 valence electrons. The highest BCUT2D eigenvalue weighted by molar-refractivity contribution is 6.30. The van der Waals surface area contributed by atoms with Crippen molar-refractivity contribution in [1.82, 2.24) is 10.2 Å². The van der Waals surface area contributed by atoms with Crippen molar-refractivity contribution in [1.29, 1.82) is 0 Å². The first-order valence-corrected chi connectivity index (χ1v) is 11.0. The number of amides is 1. The maximum absolute atomic E-state index is 12.3. The Morgan fingerprint density at radius 3 is 2.59 bits per heavy atom. The largest absolute Gasteiger partial charge is 0.490 e. The Labute approximate surface area is 167 Å². The number of carbonyl (C=O) groups excluding carboxylic acids is 1. The highest BCUT2D eigenvalue weighted by Crippen LogP contribution is 2.37. The van der Waals surface area contributed by atoms with E-state index >= 15 is 0 Å². The summed E-state index contributed by atoms with van der Waals surface area (Å²) in [5.74, 6) is 2.10. The lowest BCUT2D eigenvalue weighted by Crippen LogP contribution is -2.39. The zero-order valence-corrected chi connectivity index (χ0v) is 16.8. The summed E-state index contributed by atoms with van der Waals surface area (Å²) in [5, 5.41) is 3.99. The summed E-state index contributed by atoms with van der Waals surface area (Å²) >= 11 is 5.93. The number of rotatable bonds is 6. The summed E-state index contributed by atoms with van der Waals surface area (Å²) in [6.45, 7) is 3.27. The number of carbonyl (C=O) groups is 1. The number of hydrogen-bond acceptors (Lipinski definition) is 3. The van der Waals surface area contributed by atoms with Crippen LogP contribution in [0.25, 0.3) is 0 Å². The van der Waals surface area contributed by atoms with Gasteiger partial charge in [0.1, 0.15) is 11.9 Å². The van der Waals surface area contributed by atoms with E-state index in [0.717, 1.165) is 56.1 Å². The molecule has 27 heavy (non-hydrogen) atoms. The summed E-state index contributed by atoms with van der Waals surface area (Å²) in [6, 6.07) is 8.11. The molecule has 4 rings (SSSR count). The van der Waals surface area contributed by atoms with Crippen LogP contribution >= 0.6 is 11.6 Å². The van der Waals surface area contributed by atoms with E-state index in [1.807, 2.05) is 24.3 Å². The molecule has 1 aliphatic carbocycles. The third-order valence-corrected chi connectivity index (χ3v) is 6.89. The zero-order valence-electron chi connectivity index (χ0n) is 16.0. The Balaban J connectivity index is 1.16. The number of hydrogen-bond donors (Lipinski definition) is 1. The van der Waals surface area contributed by atoms with Gasteiger partial charge in [0.05, 0.1) is 0 Å². The Bertz CT molecular complexity index is 628. The van der Waals surface area contributed by atoms with E-state index in [1.165, 1.54) is 25.7 Å². The molecule has 4 nitrogen and oxygen atoms in total. The van der Waals surface area contributed by atoms with Crippen molar-refractivity contribution in [3.05, 3.63) is 29.3 Å². The van der Waals surface area contributed by atoms with Crippen LogP contribution in [0.5, 0.6) is 5.75 Å². The Morgan fingerprint density at radius 1 is 1.07 bits per heavy atom. The first kappa shape index (κ1) is 19.1. The third kappa shape index (κ3) is 4.78. The highest BCUT2D eigenvalue weighted by atomic mass is 35.5. The minimum Gasteiger partial charge on any atom is -0.490 e. The van der Waals surface area contributed by atoms with Crippen LogP contribution in [0.1, 0.15) is 51.4 Å². The van der Waals surface area contributed by atoms with Crippen LogP contribution in [0.4, 0.5) is 0 Å². The molecular weight excluding hydrogens is 360 g/mol. The lowest BCUT2D eigenvalue weighted by molar-refractivity contribution is -0.123. The number of piperidine rings is 1. The van der Waals surface area contributed by atoms with E-state index < -0.39 is 0 Å². The molecule has 0 radical (unpaired) electrons. The molecule has 1 aromatic carbocycles. The van der Waals surface area contributed by atoms with E-state index in [9.17, 15) is 4.79 Å². The second-order valence-electron chi connectivity index (χ2n) is 8.42. The summed E-state index contributed by atoms with van der Waals surface area (Å²) in [7, 11) is 0. The van der Waals surface area contributed by atoms with Crippen LogP contribution in [0.15, 0.2) is 24.3 Å². The van der Waals surface area contributed by atoms with Crippen LogP contribution in [0.3, 0.4) is 0 Å². The van der Waals surface area contributed by atoms with E-state index in [1.54, 1.807) is 0 Å². The third-order valence-electron chi connectivity index (χ3n) is 6.64. The molecule has 0 bridgehead atoms. The van der Waals surface area contributed by atoms with E-state index in [2.05, 4.69) is 10.2 Å². The molecular formula is C22H31ClN2O2. The molecule has 1 N–H and O–H groups in total. The second kappa shape index (κ2) is 8.83. The van der Waals surface area contributed by atoms with Crippen molar-refractivity contribution in [3.8, 4) is 5.75 Å². The van der Waals surface area contributed by atoms with Gasteiger partial charge in [-0.05, 0) is 75.3 Å². The van der Waals surface area contributed by atoms with Crippen molar-refractivity contribution in [2.24, 2.45) is 11.8 Å². The Morgan fingerprint density at radius 2 is 1.81 bits per heavy atom. The van der Waals surface area contributed by atoms with Gasteiger partial charge in [0, 0.05) is 30.1 Å². The van der Waals surface area contributed by atoms with Crippen molar-refractivity contribution < 1.29 is 9.53 Å². The Kier molecular flexibility index (Phi) is 6.24. The summed E-state index contributed by atoms with van der Waals surface area (Å²) in [5.41, 5.74) is 0. The maximum Gasteiger partial charge on any atom is 0.223 e. The molecule has 2 aliphatic heterocycles. The monoisotopic (exact) mass is 390 g/mol. The lowest BCUT2D eigenvalue weighted by atomic mass is 9.78. The van der Waals surface area contributed by atoms with Gasteiger partial charge in [0.25, 0.3) is 0 Å². The fraction of sp³-hybridized carbons (Fsp3) is 0.682. The molecule has 0 spiro atoms. The summed E-state index contributed by atoms with van der Waals surface area (Å²) < 4.78 is 6.08. The zero-order chi connectivity index (χ0) is 18.6. The molecule has 3 atom stereocenters. The number of nitrogens with zero attached hydrogens (tertiary/aromatic N) is 1. The molecule has 0 aromatic heterocycles. The molecule has 3 unspecified atom stereocenters. The fourth-order valence-electron chi connectivity index (χ4n) is 5.14. The number of ether oxygens (including phenoxy) is 1. The molecule has 1 saturated carbocycles. The van der Waals surface area contributed by atoms with Gasteiger partial charge < -0.3 is 15.0 Å². The van der Waals surface area contributed by atoms with Crippen molar-refractivity contribution in [2.75, 3.05) is 19.6 Å². The fourth-order valence-corrected chi connectivity index (χ4v) is 5.27.